The van der Waals surface area contributed by atoms with Crippen LogP contribution in [0.15, 0.2) is 48.5 Å². The molecule has 184 valence electrons. The SMILES string of the molecule is O=C(NC1(CC(=O)N2CSCC2C(=O)O)CCOCC1)OCC1c2ccccc2-c2ccccc21. The maximum absolute atomic E-state index is 13.1. The zero-order valence-corrected chi connectivity index (χ0v) is 20.1. The third-order valence-electron chi connectivity index (χ3n) is 7.14. The fourth-order valence-corrected chi connectivity index (χ4v) is 6.41. The first-order chi connectivity index (χ1) is 17.0. The molecule has 2 aromatic rings. The Morgan fingerprint density at radius 1 is 1.06 bits per heavy atom. The van der Waals surface area contributed by atoms with Gasteiger partial charge in [-0.2, -0.15) is 0 Å². The Morgan fingerprint density at radius 2 is 1.69 bits per heavy atom. The minimum atomic E-state index is -1.01. The Bertz CT molecular complexity index is 1090. The molecule has 0 radical (unpaired) electrons. The molecule has 35 heavy (non-hydrogen) atoms. The molecule has 2 amide bonds. The fourth-order valence-electron chi connectivity index (χ4n) is 5.24. The molecule has 2 aliphatic heterocycles. The standard InChI is InChI=1S/C26H28N2O6S/c29-23(28-16-35-15-22(28)24(30)31)13-26(9-11-33-12-10-26)27-25(32)34-14-21-19-7-3-1-5-17(19)18-6-2-4-8-20(18)21/h1-8,21-22H,9-16H2,(H,27,32)(H,30,31). The minimum Gasteiger partial charge on any atom is -0.480 e. The van der Waals surface area contributed by atoms with E-state index in [9.17, 15) is 19.5 Å². The molecule has 1 unspecified atom stereocenters. The number of nitrogens with one attached hydrogen (secondary N) is 1. The molecule has 5 rings (SSSR count). The third kappa shape index (κ3) is 4.75. The maximum atomic E-state index is 13.1. The molecule has 3 aliphatic rings. The normalized spacial score (nSPS) is 20.7. The summed E-state index contributed by atoms with van der Waals surface area (Å²) in [6.45, 7) is 1.01. The third-order valence-corrected chi connectivity index (χ3v) is 8.15. The summed E-state index contributed by atoms with van der Waals surface area (Å²) in [5, 5.41) is 12.4. The number of ether oxygens (including phenoxy) is 2. The second-order valence-corrected chi connectivity index (χ2v) is 10.2. The van der Waals surface area contributed by atoms with E-state index in [1.807, 2.05) is 24.3 Å². The van der Waals surface area contributed by atoms with E-state index in [-0.39, 0.29) is 24.9 Å². The van der Waals surface area contributed by atoms with Gasteiger partial charge in [0.25, 0.3) is 0 Å². The van der Waals surface area contributed by atoms with Gasteiger partial charge in [0.1, 0.15) is 12.6 Å². The molecular weight excluding hydrogens is 468 g/mol. The molecule has 1 aliphatic carbocycles. The van der Waals surface area contributed by atoms with Gasteiger partial charge in [-0.3, -0.25) is 4.79 Å². The summed E-state index contributed by atoms with van der Waals surface area (Å²) in [5.74, 6) is -0.625. The van der Waals surface area contributed by atoms with Gasteiger partial charge in [-0.25, -0.2) is 9.59 Å². The van der Waals surface area contributed by atoms with E-state index in [0.29, 0.717) is 37.7 Å². The van der Waals surface area contributed by atoms with Crippen molar-refractivity contribution in [3.8, 4) is 11.1 Å². The van der Waals surface area contributed by atoms with Crippen LogP contribution < -0.4 is 5.32 Å². The Morgan fingerprint density at radius 3 is 2.31 bits per heavy atom. The number of rotatable bonds is 6. The number of aliphatic carboxylic acids is 1. The van der Waals surface area contributed by atoms with Crippen LogP contribution in [0.5, 0.6) is 0 Å². The van der Waals surface area contributed by atoms with Gasteiger partial charge in [-0.05, 0) is 35.1 Å². The number of alkyl carbamates (subject to hydrolysis) is 1. The minimum absolute atomic E-state index is 0.0187. The van der Waals surface area contributed by atoms with Crippen molar-refractivity contribution in [3.63, 3.8) is 0 Å². The molecular formula is C26H28N2O6S. The molecule has 2 fully saturated rings. The van der Waals surface area contributed by atoms with Gasteiger partial charge in [0.2, 0.25) is 5.91 Å². The molecule has 0 spiro atoms. The molecule has 0 bridgehead atoms. The quantitative estimate of drug-likeness (QED) is 0.631. The van der Waals surface area contributed by atoms with Crippen molar-refractivity contribution in [2.45, 2.75) is 36.8 Å². The summed E-state index contributed by atoms with van der Waals surface area (Å²) in [4.78, 5) is 39.0. The molecule has 2 saturated heterocycles. The van der Waals surface area contributed by atoms with Gasteiger partial charge in [-0.15, -0.1) is 11.8 Å². The first-order valence-electron chi connectivity index (χ1n) is 11.8. The zero-order chi connectivity index (χ0) is 24.4. The smallest absolute Gasteiger partial charge is 0.407 e. The lowest BCUT2D eigenvalue weighted by molar-refractivity contribution is -0.148. The molecule has 9 heteroatoms. The largest absolute Gasteiger partial charge is 0.480 e. The van der Waals surface area contributed by atoms with Crippen LogP contribution in [-0.4, -0.2) is 71.0 Å². The highest BCUT2D eigenvalue weighted by Gasteiger charge is 2.42. The Balaban J connectivity index is 1.27. The van der Waals surface area contributed by atoms with Crippen molar-refractivity contribution >= 4 is 29.7 Å². The van der Waals surface area contributed by atoms with Crippen molar-refractivity contribution < 1.29 is 29.0 Å². The molecule has 2 N–H and O–H groups in total. The maximum Gasteiger partial charge on any atom is 0.407 e. The van der Waals surface area contributed by atoms with Crippen molar-refractivity contribution in [2.75, 3.05) is 31.5 Å². The summed E-state index contributed by atoms with van der Waals surface area (Å²) in [5.41, 5.74) is 3.74. The van der Waals surface area contributed by atoms with Crippen LogP contribution in [0.3, 0.4) is 0 Å². The van der Waals surface area contributed by atoms with Gasteiger partial charge in [-0.1, -0.05) is 48.5 Å². The topological polar surface area (TPSA) is 105 Å². The lowest BCUT2D eigenvalue weighted by atomic mass is 9.86. The number of carbonyl (C=O) groups is 3. The predicted molar refractivity (Wildman–Crippen MR) is 131 cm³/mol. The molecule has 1 atom stereocenters. The molecule has 2 heterocycles. The van der Waals surface area contributed by atoms with Crippen LogP contribution in [0.25, 0.3) is 11.1 Å². The summed E-state index contributed by atoms with van der Waals surface area (Å²) >= 11 is 1.42. The first-order valence-corrected chi connectivity index (χ1v) is 12.9. The number of carboxylic acid groups (broad SMARTS) is 1. The van der Waals surface area contributed by atoms with Gasteiger partial charge in [0.05, 0.1) is 17.8 Å². The van der Waals surface area contributed by atoms with Crippen LogP contribution >= 0.6 is 11.8 Å². The number of benzene rings is 2. The van der Waals surface area contributed by atoms with Crippen LogP contribution in [-0.2, 0) is 19.1 Å². The van der Waals surface area contributed by atoms with Gasteiger partial charge in [0.15, 0.2) is 0 Å². The lowest BCUT2D eigenvalue weighted by Gasteiger charge is -2.38. The van der Waals surface area contributed by atoms with Crippen molar-refractivity contribution in [2.24, 2.45) is 0 Å². The number of carbonyl (C=O) groups excluding carboxylic acids is 2. The Kier molecular flexibility index (Phi) is 6.71. The van der Waals surface area contributed by atoms with Crippen molar-refractivity contribution in [1.29, 1.82) is 0 Å². The van der Waals surface area contributed by atoms with Crippen LogP contribution in [0.2, 0.25) is 0 Å². The first kappa shape index (κ1) is 23.7. The Hall–Kier alpha value is -3.04. The number of nitrogens with zero attached hydrogens (tertiary/aromatic N) is 1. The average molecular weight is 497 g/mol. The summed E-state index contributed by atoms with van der Waals surface area (Å²) in [7, 11) is 0. The van der Waals surface area contributed by atoms with Crippen molar-refractivity contribution in [1.82, 2.24) is 10.2 Å². The second kappa shape index (κ2) is 9.91. The zero-order valence-electron chi connectivity index (χ0n) is 19.3. The number of thioether (sulfide) groups is 1. The van der Waals surface area contributed by atoms with Gasteiger partial charge in [0, 0.05) is 24.9 Å². The van der Waals surface area contributed by atoms with Crippen molar-refractivity contribution in [3.05, 3.63) is 59.7 Å². The van der Waals surface area contributed by atoms with Crippen LogP contribution in [0.4, 0.5) is 4.79 Å². The van der Waals surface area contributed by atoms with Crippen LogP contribution in [0, 0.1) is 0 Å². The summed E-state index contributed by atoms with van der Waals surface area (Å²) in [6, 6.07) is 15.4. The molecule has 2 aromatic carbocycles. The average Bonchev–Trinajstić information content (AvgIpc) is 3.47. The van der Waals surface area contributed by atoms with Gasteiger partial charge < -0.3 is 24.8 Å². The van der Waals surface area contributed by atoms with E-state index < -0.39 is 23.6 Å². The highest BCUT2D eigenvalue weighted by molar-refractivity contribution is 7.99. The molecule has 8 nitrogen and oxygen atoms in total. The molecule has 0 aromatic heterocycles. The Labute approximate surface area is 208 Å². The second-order valence-electron chi connectivity index (χ2n) is 9.24. The highest BCUT2D eigenvalue weighted by atomic mass is 32.2. The summed E-state index contributed by atoms with van der Waals surface area (Å²) in [6.07, 6.45) is 0.362. The predicted octanol–water partition coefficient (Wildman–Crippen LogP) is 3.45. The number of hydrogen-bond acceptors (Lipinski definition) is 6. The number of hydrogen-bond donors (Lipinski definition) is 2. The van der Waals surface area contributed by atoms with E-state index in [1.54, 1.807) is 0 Å². The van der Waals surface area contributed by atoms with Crippen LogP contribution in [0.1, 0.15) is 36.3 Å². The molecule has 0 saturated carbocycles. The summed E-state index contributed by atoms with van der Waals surface area (Å²) < 4.78 is 11.2. The van der Waals surface area contributed by atoms with E-state index in [4.69, 9.17) is 9.47 Å². The van der Waals surface area contributed by atoms with Gasteiger partial charge >= 0.3 is 12.1 Å². The van der Waals surface area contributed by atoms with E-state index in [0.717, 1.165) is 22.3 Å². The highest BCUT2D eigenvalue weighted by Crippen LogP contribution is 2.44. The number of fused-ring (bicyclic) bond motifs is 3. The van der Waals surface area contributed by atoms with E-state index in [1.165, 1.54) is 16.7 Å². The number of amides is 2. The van der Waals surface area contributed by atoms with E-state index >= 15 is 0 Å². The monoisotopic (exact) mass is 496 g/mol. The van der Waals surface area contributed by atoms with E-state index in [2.05, 4.69) is 29.6 Å². The fraction of sp³-hybridized carbons (Fsp3) is 0.423. The lowest BCUT2D eigenvalue weighted by Crippen LogP contribution is -2.55. The number of carboxylic acids is 1.